The second-order valence-corrected chi connectivity index (χ2v) is 5.81. The summed E-state index contributed by atoms with van der Waals surface area (Å²) in [5.74, 6) is 0.801. The van der Waals surface area contributed by atoms with E-state index in [1.165, 1.54) is 25.7 Å². The van der Waals surface area contributed by atoms with Gasteiger partial charge in [-0.15, -0.1) is 0 Å². The standard InChI is InChI=1S/C15H29NO2/c1-5-13-8-7-10-15(11-9-13,16(3)4)12-14(17)18-6-2/h13H,5-12H2,1-4H3. The van der Waals surface area contributed by atoms with E-state index in [9.17, 15) is 4.79 Å². The van der Waals surface area contributed by atoms with Crippen LogP contribution in [0.25, 0.3) is 0 Å². The maximum atomic E-state index is 11.8. The van der Waals surface area contributed by atoms with E-state index in [1.54, 1.807) is 0 Å². The Kier molecular flexibility index (Phi) is 6.13. The summed E-state index contributed by atoms with van der Waals surface area (Å²) < 4.78 is 5.15. The predicted molar refractivity (Wildman–Crippen MR) is 74.5 cm³/mol. The number of carbonyl (C=O) groups is 1. The highest BCUT2D eigenvalue weighted by molar-refractivity contribution is 5.70. The van der Waals surface area contributed by atoms with Gasteiger partial charge in [0.1, 0.15) is 0 Å². The summed E-state index contributed by atoms with van der Waals surface area (Å²) in [6, 6.07) is 0. The van der Waals surface area contributed by atoms with Crippen molar-refractivity contribution < 1.29 is 9.53 Å². The van der Waals surface area contributed by atoms with Crippen molar-refractivity contribution in [2.75, 3.05) is 20.7 Å². The van der Waals surface area contributed by atoms with Crippen LogP contribution in [0, 0.1) is 5.92 Å². The molecule has 0 bridgehead atoms. The Balaban J connectivity index is 2.71. The lowest BCUT2D eigenvalue weighted by molar-refractivity contribution is -0.146. The molecule has 0 radical (unpaired) electrons. The molecular weight excluding hydrogens is 226 g/mol. The molecule has 1 saturated carbocycles. The second-order valence-electron chi connectivity index (χ2n) is 5.81. The highest BCUT2D eigenvalue weighted by atomic mass is 16.5. The maximum Gasteiger partial charge on any atom is 0.307 e. The Labute approximate surface area is 112 Å². The molecular formula is C15H29NO2. The van der Waals surface area contributed by atoms with E-state index in [-0.39, 0.29) is 11.5 Å². The Morgan fingerprint density at radius 2 is 2.00 bits per heavy atom. The molecule has 0 saturated heterocycles. The smallest absolute Gasteiger partial charge is 0.307 e. The fourth-order valence-electron chi connectivity index (χ4n) is 3.13. The van der Waals surface area contributed by atoms with Crippen molar-refractivity contribution in [2.24, 2.45) is 5.92 Å². The van der Waals surface area contributed by atoms with Crippen LogP contribution in [0.5, 0.6) is 0 Å². The van der Waals surface area contributed by atoms with Gasteiger partial charge in [-0.2, -0.15) is 0 Å². The molecule has 0 aromatic rings. The van der Waals surface area contributed by atoms with E-state index >= 15 is 0 Å². The van der Waals surface area contributed by atoms with Gasteiger partial charge < -0.3 is 9.64 Å². The minimum absolute atomic E-state index is 0.0240. The molecule has 0 heterocycles. The molecule has 106 valence electrons. The number of rotatable bonds is 5. The van der Waals surface area contributed by atoms with Gasteiger partial charge >= 0.3 is 5.97 Å². The van der Waals surface area contributed by atoms with Crippen LogP contribution in [0.4, 0.5) is 0 Å². The van der Waals surface area contributed by atoms with Crippen molar-refractivity contribution in [1.82, 2.24) is 4.90 Å². The summed E-state index contributed by atoms with van der Waals surface area (Å²) in [6.07, 6.45) is 7.85. The molecule has 0 aliphatic heterocycles. The third-order valence-electron chi connectivity index (χ3n) is 4.58. The van der Waals surface area contributed by atoms with Crippen LogP contribution in [-0.2, 0) is 9.53 Å². The third kappa shape index (κ3) is 3.98. The zero-order chi connectivity index (χ0) is 13.6. The lowest BCUT2D eigenvalue weighted by Gasteiger charge is -2.39. The molecule has 3 heteroatoms. The topological polar surface area (TPSA) is 29.5 Å². The lowest BCUT2D eigenvalue weighted by atomic mass is 9.85. The first-order valence-electron chi connectivity index (χ1n) is 7.37. The minimum Gasteiger partial charge on any atom is -0.466 e. The van der Waals surface area contributed by atoms with Gasteiger partial charge in [0.2, 0.25) is 0 Å². The molecule has 0 aromatic carbocycles. The second kappa shape index (κ2) is 7.13. The Hall–Kier alpha value is -0.570. The molecule has 0 aromatic heterocycles. The van der Waals surface area contributed by atoms with Gasteiger partial charge in [-0.25, -0.2) is 0 Å². The largest absolute Gasteiger partial charge is 0.466 e. The molecule has 0 spiro atoms. The van der Waals surface area contributed by atoms with Crippen LogP contribution in [0.3, 0.4) is 0 Å². The van der Waals surface area contributed by atoms with Gasteiger partial charge in [0, 0.05) is 5.54 Å². The van der Waals surface area contributed by atoms with Gasteiger partial charge in [0.15, 0.2) is 0 Å². The van der Waals surface area contributed by atoms with Gasteiger partial charge in [0.05, 0.1) is 13.0 Å². The maximum absolute atomic E-state index is 11.8. The Morgan fingerprint density at radius 3 is 2.56 bits per heavy atom. The summed E-state index contributed by atoms with van der Waals surface area (Å²) in [7, 11) is 4.21. The van der Waals surface area contributed by atoms with Crippen LogP contribution < -0.4 is 0 Å². The van der Waals surface area contributed by atoms with Crippen LogP contribution >= 0.6 is 0 Å². The third-order valence-corrected chi connectivity index (χ3v) is 4.58. The van der Waals surface area contributed by atoms with E-state index in [0.29, 0.717) is 13.0 Å². The number of nitrogens with zero attached hydrogens (tertiary/aromatic N) is 1. The molecule has 1 aliphatic carbocycles. The van der Waals surface area contributed by atoms with Crippen molar-refractivity contribution in [3.05, 3.63) is 0 Å². The number of hydrogen-bond donors (Lipinski definition) is 0. The van der Waals surface area contributed by atoms with Crippen molar-refractivity contribution in [3.8, 4) is 0 Å². The van der Waals surface area contributed by atoms with E-state index in [1.807, 2.05) is 6.92 Å². The monoisotopic (exact) mass is 255 g/mol. The van der Waals surface area contributed by atoms with Crippen molar-refractivity contribution in [2.45, 2.75) is 64.3 Å². The summed E-state index contributed by atoms with van der Waals surface area (Å²) in [5.41, 5.74) is 0.0240. The molecule has 1 rings (SSSR count). The van der Waals surface area contributed by atoms with Gasteiger partial charge in [-0.05, 0) is 46.2 Å². The van der Waals surface area contributed by atoms with E-state index in [0.717, 1.165) is 18.8 Å². The molecule has 1 aliphatic rings. The summed E-state index contributed by atoms with van der Waals surface area (Å²) >= 11 is 0. The molecule has 18 heavy (non-hydrogen) atoms. The molecule has 2 atom stereocenters. The first kappa shape index (κ1) is 15.5. The van der Waals surface area contributed by atoms with Crippen molar-refractivity contribution in [3.63, 3.8) is 0 Å². The van der Waals surface area contributed by atoms with Crippen molar-refractivity contribution >= 4 is 5.97 Å². The molecule has 2 unspecified atom stereocenters. The van der Waals surface area contributed by atoms with Gasteiger partial charge in [0.25, 0.3) is 0 Å². The quantitative estimate of drug-likeness (QED) is 0.558. The number of carbonyl (C=O) groups excluding carboxylic acids is 1. The minimum atomic E-state index is -0.0406. The Morgan fingerprint density at radius 1 is 1.28 bits per heavy atom. The predicted octanol–water partition coefficient (Wildman–Crippen LogP) is 3.23. The van der Waals surface area contributed by atoms with Crippen LogP contribution in [0.1, 0.15) is 58.8 Å². The first-order valence-corrected chi connectivity index (χ1v) is 7.37. The lowest BCUT2D eigenvalue weighted by Crippen LogP contribution is -2.46. The fraction of sp³-hybridized carbons (Fsp3) is 0.933. The van der Waals surface area contributed by atoms with E-state index < -0.39 is 0 Å². The molecule has 0 amide bonds. The summed E-state index contributed by atoms with van der Waals surface area (Å²) in [5, 5.41) is 0. The highest BCUT2D eigenvalue weighted by Gasteiger charge is 2.37. The zero-order valence-electron chi connectivity index (χ0n) is 12.5. The van der Waals surface area contributed by atoms with E-state index in [2.05, 4.69) is 25.9 Å². The number of ether oxygens (including phenoxy) is 1. The molecule has 1 fully saturated rings. The van der Waals surface area contributed by atoms with E-state index in [4.69, 9.17) is 4.74 Å². The zero-order valence-corrected chi connectivity index (χ0v) is 12.5. The molecule has 3 nitrogen and oxygen atoms in total. The number of hydrogen-bond acceptors (Lipinski definition) is 3. The average Bonchev–Trinajstić information content (AvgIpc) is 2.52. The number of esters is 1. The van der Waals surface area contributed by atoms with Crippen molar-refractivity contribution in [1.29, 1.82) is 0 Å². The summed E-state index contributed by atoms with van der Waals surface area (Å²) in [6.45, 7) is 4.64. The van der Waals surface area contributed by atoms with Crippen LogP contribution in [-0.4, -0.2) is 37.1 Å². The SMILES string of the molecule is CCOC(=O)CC1(N(C)C)CCCC(CC)CC1. The van der Waals surface area contributed by atoms with Gasteiger partial charge in [-0.3, -0.25) is 4.79 Å². The van der Waals surface area contributed by atoms with Gasteiger partial charge in [-0.1, -0.05) is 26.2 Å². The normalized spacial score (nSPS) is 29.1. The summed E-state index contributed by atoms with van der Waals surface area (Å²) in [4.78, 5) is 14.1. The average molecular weight is 255 g/mol. The fourth-order valence-corrected chi connectivity index (χ4v) is 3.13. The van der Waals surface area contributed by atoms with Crippen LogP contribution in [0.2, 0.25) is 0 Å². The first-order chi connectivity index (χ1) is 8.54. The van der Waals surface area contributed by atoms with Crippen LogP contribution in [0.15, 0.2) is 0 Å². The Bertz CT molecular complexity index is 265. The highest BCUT2D eigenvalue weighted by Crippen LogP contribution is 2.37. The molecule has 0 N–H and O–H groups in total.